The maximum absolute atomic E-state index is 12.8. The van der Waals surface area contributed by atoms with E-state index in [0.717, 1.165) is 0 Å². The highest BCUT2D eigenvalue weighted by atomic mass is 16.5. The lowest BCUT2D eigenvalue weighted by Gasteiger charge is -2.28. The van der Waals surface area contributed by atoms with E-state index in [1.807, 2.05) is 0 Å². The summed E-state index contributed by atoms with van der Waals surface area (Å²) in [6.45, 7) is 2.98. The number of phenolic OH excluding ortho intramolecular Hbond substituents is 2. The molecule has 6 nitrogen and oxygen atoms in total. The predicted molar refractivity (Wildman–Crippen MR) is 89.2 cm³/mol. The Morgan fingerprint density at radius 1 is 0.920 bits per heavy atom. The molecular formula is C19H17NO5. The Bertz CT molecular complexity index is 884. The molecule has 0 spiro atoms. The first-order valence-electron chi connectivity index (χ1n) is 8.14. The highest BCUT2D eigenvalue weighted by Gasteiger charge is 2.34. The van der Waals surface area contributed by atoms with Crippen LogP contribution in [0.25, 0.3) is 0 Å². The second-order valence-electron chi connectivity index (χ2n) is 6.25. The van der Waals surface area contributed by atoms with Crippen LogP contribution in [0.15, 0.2) is 30.3 Å². The molecular weight excluding hydrogens is 322 g/mol. The Labute approximate surface area is 144 Å². The third-order valence-corrected chi connectivity index (χ3v) is 4.74. The zero-order valence-electron chi connectivity index (χ0n) is 13.5. The van der Waals surface area contributed by atoms with E-state index in [9.17, 15) is 19.8 Å². The molecule has 1 saturated heterocycles. The van der Waals surface area contributed by atoms with Gasteiger partial charge in [-0.05, 0) is 6.07 Å². The first kappa shape index (κ1) is 15.8. The van der Waals surface area contributed by atoms with Crippen LogP contribution in [0.3, 0.4) is 0 Å². The molecule has 128 valence electrons. The van der Waals surface area contributed by atoms with E-state index in [0.29, 0.717) is 44.0 Å². The molecule has 0 bridgehead atoms. The number of carbonyl (C=O) groups excluding carboxylic acids is 2. The minimum atomic E-state index is -0.520. The largest absolute Gasteiger partial charge is 0.504 e. The average Bonchev–Trinajstić information content (AvgIpc) is 2.64. The van der Waals surface area contributed by atoms with E-state index in [1.54, 1.807) is 24.3 Å². The molecule has 0 unspecified atom stereocenters. The Kier molecular flexibility index (Phi) is 3.78. The van der Waals surface area contributed by atoms with E-state index < -0.39 is 11.5 Å². The van der Waals surface area contributed by atoms with Crippen LogP contribution in [-0.4, -0.2) is 53.0 Å². The number of ketones is 2. The van der Waals surface area contributed by atoms with Crippen molar-refractivity contribution in [3.05, 3.63) is 58.1 Å². The predicted octanol–water partition coefficient (Wildman–Crippen LogP) is 1.71. The first-order valence-corrected chi connectivity index (χ1v) is 8.14. The molecule has 1 heterocycles. The smallest absolute Gasteiger partial charge is 0.198 e. The first-order chi connectivity index (χ1) is 12.1. The molecule has 25 heavy (non-hydrogen) atoms. The fraction of sp³-hybridized carbons (Fsp3) is 0.263. The lowest BCUT2D eigenvalue weighted by molar-refractivity contribution is 0.0338. The molecule has 0 amide bonds. The van der Waals surface area contributed by atoms with Gasteiger partial charge in [0.2, 0.25) is 0 Å². The van der Waals surface area contributed by atoms with Crippen LogP contribution in [0.5, 0.6) is 11.5 Å². The third kappa shape index (κ3) is 2.50. The van der Waals surface area contributed by atoms with Crippen LogP contribution in [0.2, 0.25) is 0 Å². The van der Waals surface area contributed by atoms with E-state index in [2.05, 4.69) is 4.90 Å². The van der Waals surface area contributed by atoms with Gasteiger partial charge in [-0.3, -0.25) is 14.5 Å². The number of ether oxygens (including phenoxy) is 1. The lowest BCUT2D eigenvalue weighted by atomic mass is 9.82. The van der Waals surface area contributed by atoms with Crippen molar-refractivity contribution < 1.29 is 24.5 Å². The molecule has 4 rings (SSSR count). The SMILES string of the molecule is O=C1c2ccccc2C(=O)c2c1cc(CN1CCOCC1)c(O)c2O. The van der Waals surface area contributed by atoms with Crippen LogP contribution < -0.4 is 0 Å². The van der Waals surface area contributed by atoms with Crippen molar-refractivity contribution in [1.82, 2.24) is 4.90 Å². The summed E-state index contributed by atoms with van der Waals surface area (Å²) in [4.78, 5) is 27.5. The summed E-state index contributed by atoms with van der Waals surface area (Å²) in [5.41, 5.74) is 1.02. The number of nitrogens with zero attached hydrogens (tertiary/aromatic N) is 1. The van der Waals surface area contributed by atoms with Crippen LogP contribution >= 0.6 is 0 Å². The second-order valence-corrected chi connectivity index (χ2v) is 6.25. The van der Waals surface area contributed by atoms with Gasteiger partial charge in [-0.1, -0.05) is 24.3 Å². The molecule has 0 radical (unpaired) electrons. The highest BCUT2D eigenvalue weighted by molar-refractivity contribution is 6.29. The summed E-state index contributed by atoms with van der Waals surface area (Å²) in [7, 11) is 0. The molecule has 2 aromatic rings. The maximum atomic E-state index is 12.8. The van der Waals surface area contributed by atoms with Gasteiger partial charge in [0.05, 0.1) is 18.8 Å². The molecule has 6 heteroatoms. The number of hydrogen-bond acceptors (Lipinski definition) is 6. The van der Waals surface area contributed by atoms with Crippen molar-refractivity contribution >= 4 is 11.6 Å². The summed E-state index contributed by atoms with van der Waals surface area (Å²) in [5, 5.41) is 20.8. The van der Waals surface area contributed by atoms with Gasteiger partial charge in [-0.15, -0.1) is 0 Å². The fourth-order valence-electron chi connectivity index (χ4n) is 3.40. The van der Waals surface area contributed by atoms with E-state index in [4.69, 9.17) is 4.74 Å². The average molecular weight is 339 g/mol. The van der Waals surface area contributed by atoms with Gasteiger partial charge in [0, 0.05) is 41.9 Å². The number of carbonyl (C=O) groups is 2. The number of phenols is 2. The van der Waals surface area contributed by atoms with Crippen LogP contribution in [0.4, 0.5) is 0 Å². The van der Waals surface area contributed by atoms with Crippen LogP contribution in [-0.2, 0) is 11.3 Å². The van der Waals surface area contributed by atoms with Crippen LogP contribution in [0.1, 0.15) is 37.4 Å². The summed E-state index contributed by atoms with van der Waals surface area (Å²) in [6.07, 6.45) is 0. The fourth-order valence-corrected chi connectivity index (χ4v) is 3.40. The number of benzene rings is 2. The molecule has 2 N–H and O–H groups in total. The van der Waals surface area contributed by atoms with Crippen molar-refractivity contribution in [3.63, 3.8) is 0 Å². The number of fused-ring (bicyclic) bond motifs is 2. The van der Waals surface area contributed by atoms with Crippen molar-refractivity contribution in [2.75, 3.05) is 26.3 Å². The quantitative estimate of drug-likeness (QED) is 0.691. The molecule has 0 aromatic heterocycles. The van der Waals surface area contributed by atoms with Gasteiger partial charge >= 0.3 is 0 Å². The number of rotatable bonds is 2. The van der Waals surface area contributed by atoms with Gasteiger partial charge in [0.1, 0.15) is 0 Å². The Morgan fingerprint density at radius 3 is 2.24 bits per heavy atom. The number of hydrogen-bond donors (Lipinski definition) is 2. The van der Waals surface area contributed by atoms with Crippen molar-refractivity contribution in [2.45, 2.75) is 6.54 Å². The van der Waals surface area contributed by atoms with E-state index in [1.165, 1.54) is 6.07 Å². The topological polar surface area (TPSA) is 87.1 Å². The normalized spacial score (nSPS) is 17.3. The Hall–Kier alpha value is -2.70. The van der Waals surface area contributed by atoms with Gasteiger partial charge in [0.25, 0.3) is 0 Å². The molecule has 2 aromatic carbocycles. The van der Waals surface area contributed by atoms with E-state index in [-0.39, 0.29) is 28.2 Å². The van der Waals surface area contributed by atoms with Crippen molar-refractivity contribution in [2.24, 2.45) is 0 Å². The van der Waals surface area contributed by atoms with Gasteiger partial charge in [0.15, 0.2) is 23.1 Å². The Morgan fingerprint density at radius 2 is 1.56 bits per heavy atom. The molecule has 1 fully saturated rings. The summed E-state index contributed by atoms with van der Waals surface area (Å²) >= 11 is 0. The summed E-state index contributed by atoms with van der Waals surface area (Å²) < 4.78 is 5.30. The van der Waals surface area contributed by atoms with Crippen molar-refractivity contribution in [3.8, 4) is 11.5 Å². The summed E-state index contributed by atoms with van der Waals surface area (Å²) in [5.74, 6) is -1.63. The van der Waals surface area contributed by atoms with Crippen LogP contribution in [0, 0.1) is 0 Å². The number of morpholine rings is 1. The molecule has 0 saturated carbocycles. The maximum Gasteiger partial charge on any atom is 0.198 e. The van der Waals surface area contributed by atoms with Crippen molar-refractivity contribution in [1.29, 1.82) is 0 Å². The molecule has 1 aliphatic heterocycles. The number of aromatic hydroxyl groups is 2. The lowest BCUT2D eigenvalue weighted by Crippen LogP contribution is -2.35. The second kappa shape index (κ2) is 5.98. The Balaban J connectivity index is 1.80. The molecule has 0 atom stereocenters. The zero-order valence-corrected chi connectivity index (χ0v) is 13.5. The molecule has 2 aliphatic rings. The third-order valence-electron chi connectivity index (χ3n) is 4.74. The zero-order chi connectivity index (χ0) is 17.6. The minimum Gasteiger partial charge on any atom is -0.504 e. The highest BCUT2D eigenvalue weighted by Crippen LogP contribution is 2.40. The minimum absolute atomic E-state index is 0.119. The van der Waals surface area contributed by atoms with Gasteiger partial charge in [-0.2, -0.15) is 0 Å². The van der Waals surface area contributed by atoms with Gasteiger partial charge in [-0.25, -0.2) is 0 Å². The standard InChI is InChI=1S/C19H17NO5/c21-16-11(10-20-5-7-25-8-6-20)9-14-15(19(16)24)18(23)13-4-2-1-3-12(13)17(14)22/h1-4,9,21,24H,5-8,10H2. The summed E-state index contributed by atoms with van der Waals surface area (Å²) in [6, 6.07) is 8.04. The van der Waals surface area contributed by atoms with Gasteiger partial charge < -0.3 is 14.9 Å². The monoisotopic (exact) mass is 339 g/mol. The molecule has 1 aliphatic carbocycles. The van der Waals surface area contributed by atoms with E-state index >= 15 is 0 Å².